The summed E-state index contributed by atoms with van der Waals surface area (Å²) in [7, 11) is 3.25. The number of benzene rings is 1. The highest BCUT2D eigenvalue weighted by Gasteiger charge is 2.48. The smallest absolute Gasteiger partial charge is 0.239 e. The standard InChI is InChI=1S/C16H17BrN4O2S/c1-16(11-8-19-14(17)24-11)12(13(22)21(2)15(18)20-16)9-4-6-10(23-3)7-5-9/h4-8,12H,1-3H3,(H2,18,20)/t12-,16-/m1/s1. The van der Waals surface area contributed by atoms with Crippen molar-refractivity contribution in [2.45, 2.75) is 18.4 Å². The molecule has 0 spiro atoms. The maximum Gasteiger partial charge on any atom is 0.239 e. The van der Waals surface area contributed by atoms with E-state index in [1.807, 2.05) is 31.2 Å². The number of carbonyl (C=O) groups is 1. The molecule has 1 amide bonds. The van der Waals surface area contributed by atoms with Crippen LogP contribution in [0.15, 0.2) is 39.4 Å². The molecule has 2 heterocycles. The van der Waals surface area contributed by atoms with Crippen LogP contribution >= 0.6 is 27.3 Å². The third kappa shape index (κ3) is 2.69. The van der Waals surface area contributed by atoms with E-state index in [0.29, 0.717) is 0 Å². The fraction of sp³-hybridized carbons (Fsp3) is 0.312. The molecule has 2 N–H and O–H groups in total. The maximum absolute atomic E-state index is 13.0. The van der Waals surface area contributed by atoms with Gasteiger partial charge in [-0.05, 0) is 40.5 Å². The summed E-state index contributed by atoms with van der Waals surface area (Å²) in [6.07, 6.45) is 1.74. The summed E-state index contributed by atoms with van der Waals surface area (Å²) in [6, 6.07) is 7.46. The highest BCUT2D eigenvalue weighted by molar-refractivity contribution is 9.11. The number of likely N-dealkylation sites (N-methyl/N-ethyl adjacent to an activating group) is 1. The number of nitrogens with zero attached hydrogens (tertiary/aromatic N) is 3. The summed E-state index contributed by atoms with van der Waals surface area (Å²) in [4.78, 5) is 24.2. The number of methoxy groups -OCH3 is 1. The van der Waals surface area contributed by atoms with Gasteiger partial charge in [-0.2, -0.15) is 0 Å². The normalized spacial score (nSPS) is 24.0. The van der Waals surface area contributed by atoms with E-state index in [0.717, 1.165) is 20.1 Å². The van der Waals surface area contributed by atoms with Gasteiger partial charge in [-0.15, -0.1) is 11.3 Å². The van der Waals surface area contributed by atoms with Crippen LogP contribution in [0, 0.1) is 0 Å². The van der Waals surface area contributed by atoms with Crippen LogP contribution in [-0.2, 0) is 10.3 Å². The van der Waals surface area contributed by atoms with Gasteiger partial charge in [-0.1, -0.05) is 12.1 Å². The fourth-order valence-corrected chi connectivity index (χ4v) is 4.26. The minimum Gasteiger partial charge on any atom is -0.497 e. The number of aliphatic imine (C=N–C) groups is 1. The second-order valence-electron chi connectivity index (χ2n) is 5.70. The van der Waals surface area contributed by atoms with Crippen molar-refractivity contribution < 1.29 is 9.53 Å². The van der Waals surface area contributed by atoms with Gasteiger partial charge in [0.05, 0.1) is 17.9 Å². The Hall–Kier alpha value is -1.93. The molecule has 0 saturated heterocycles. The number of guanidine groups is 1. The summed E-state index contributed by atoms with van der Waals surface area (Å²) in [5, 5.41) is 0. The average Bonchev–Trinajstić information content (AvgIpc) is 3.01. The Labute approximate surface area is 152 Å². The number of aromatic nitrogens is 1. The Morgan fingerprint density at radius 3 is 2.58 bits per heavy atom. The van der Waals surface area contributed by atoms with Gasteiger partial charge in [0.15, 0.2) is 9.88 Å². The number of amides is 1. The second-order valence-corrected chi connectivity index (χ2v) is 8.01. The molecule has 0 aliphatic carbocycles. The van der Waals surface area contributed by atoms with Crippen LogP contribution in [0.4, 0.5) is 0 Å². The molecule has 1 aliphatic heterocycles. The molecular formula is C16H17BrN4O2S. The van der Waals surface area contributed by atoms with Crippen molar-refractivity contribution in [1.82, 2.24) is 9.88 Å². The van der Waals surface area contributed by atoms with Gasteiger partial charge < -0.3 is 10.5 Å². The number of nitrogens with two attached hydrogens (primary N) is 1. The van der Waals surface area contributed by atoms with Crippen LogP contribution in [-0.4, -0.2) is 35.9 Å². The molecule has 8 heteroatoms. The second kappa shape index (κ2) is 6.18. The third-order valence-corrected chi connectivity index (χ3v) is 5.96. The first-order chi connectivity index (χ1) is 11.4. The molecule has 126 valence electrons. The summed E-state index contributed by atoms with van der Waals surface area (Å²) in [6.45, 7) is 1.92. The topological polar surface area (TPSA) is 80.8 Å². The predicted molar refractivity (Wildman–Crippen MR) is 97.3 cm³/mol. The summed E-state index contributed by atoms with van der Waals surface area (Å²) in [5.74, 6) is 0.352. The van der Waals surface area contributed by atoms with Crippen LogP contribution in [0.5, 0.6) is 5.75 Å². The lowest BCUT2D eigenvalue weighted by molar-refractivity contribution is -0.130. The van der Waals surface area contributed by atoms with Crippen molar-refractivity contribution >= 4 is 39.1 Å². The number of halogens is 1. The van der Waals surface area contributed by atoms with Gasteiger partial charge in [-0.3, -0.25) is 9.69 Å². The minimum atomic E-state index is -0.814. The van der Waals surface area contributed by atoms with E-state index in [2.05, 4.69) is 25.9 Å². The van der Waals surface area contributed by atoms with Crippen LogP contribution in [0.3, 0.4) is 0 Å². The molecule has 3 rings (SSSR count). The molecule has 2 atom stereocenters. The van der Waals surface area contributed by atoms with Gasteiger partial charge in [0.1, 0.15) is 11.3 Å². The quantitative estimate of drug-likeness (QED) is 0.846. The zero-order valence-electron chi connectivity index (χ0n) is 13.5. The van der Waals surface area contributed by atoms with Gasteiger partial charge in [0.25, 0.3) is 0 Å². The lowest BCUT2D eigenvalue weighted by Crippen LogP contribution is -2.52. The summed E-state index contributed by atoms with van der Waals surface area (Å²) < 4.78 is 5.95. The largest absolute Gasteiger partial charge is 0.497 e. The molecule has 2 aromatic rings. The van der Waals surface area contributed by atoms with E-state index in [1.165, 1.54) is 16.2 Å². The molecule has 0 saturated carbocycles. The van der Waals surface area contributed by atoms with Crippen molar-refractivity contribution in [2.75, 3.05) is 14.2 Å². The zero-order valence-corrected chi connectivity index (χ0v) is 15.9. The summed E-state index contributed by atoms with van der Waals surface area (Å²) in [5.41, 5.74) is 6.03. The number of carbonyl (C=O) groups excluding carboxylic acids is 1. The van der Waals surface area contributed by atoms with Gasteiger partial charge in [-0.25, -0.2) is 9.98 Å². The molecule has 0 bridgehead atoms. The van der Waals surface area contributed by atoms with Crippen LogP contribution < -0.4 is 10.5 Å². The number of ether oxygens (including phenoxy) is 1. The molecule has 6 nitrogen and oxygen atoms in total. The van der Waals surface area contributed by atoms with Crippen LogP contribution in [0.1, 0.15) is 23.3 Å². The number of thiazole rings is 1. The monoisotopic (exact) mass is 408 g/mol. The lowest BCUT2D eigenvalue weighted by Gasteiger charge is -2.39. The Morgan fingerprint density at radius 2 is 2.04 bits per heavy atom. The molecule has 1 aromatic heterocycles. The fourth-order valence-electron chi connectivity index (χ4n) is 2.87. The van der Waals surface area contributed by atoms with Crippen molar-refractivity contribution in [3.63, 3.8) is 0 Å². The SMILES string of the molecule is COc1ccc([C@@H]2C(=O)N(C)C(N)=N[C@]2(C)c2cnc(Br)s2)cc1. The molecule has 1 aromatic carbocycles. The number of rotatable bonds is 3. The van der Waals surface area contributed by atoms with Gasteiger partial charge in [0, 0.05) is 13.2 Å². The van der Waals surface area contributed by atoms with Crippen molar-refractivity contribution in [3.05, 3.63) is 44.8 Å². The van der Waals surface area contributed by atoms with E-state index >= 15 is 0 Å². The highest BCUT2D eigenvalue weighted by atomic mass is 79.9. The molecule has 0 radical (unpaired) electrons. The Bertz CT molecular complexity index is 805. The van der Waals surface area contributed by atoms with E-state index < -0.39 is 11.5 Å². The molecule has 0 fully saturated rings. The van der Waals surface area contributed by atoms with Gasteiger partial charge >= 0.3 is 0 Å². The lowest BCUT2D eigenvalue weighted by atomic mass is 9.78. The van der Waals surface area contributed by atoms with E-state index in [1.54, 1.807) is 20.4 Å². The maximum atomic E-state index is 13.0. The first-order valence-electron chi connectivity index (χ1n) is 7.25. The molecule has 1 aliphatic rings. The molecule has 24 heavy (non-hydrogen) atoms. The Morgan fingerprint density at radius 1 is 1.38 bits per heavy atom. The Balaban J connectivity index is 2.16. The van der Waals surface area contributed by atoms with Gasteiger partial charge in [0.2, 0.25) is 5.91 Å². The number of hydrogen-bond acceptors (Lipinski definition) is 6. The zero-order chi connectivity index (χ0) is 17.5. The third-order valence-electron chi connectivity index (χ3n) is 4.26. The molecule has 0 unspecified atom stereocenters. The minimum absolute atomic E-state index is 0.0975. The first kappa shape index (κ1) is 16.9. The Kier molecular flexibility index (Phi) is 4.35. The highest BCUT2D eigenvalue weighted by Crippen LogP contribution is 2.46. The van der Waals surface area contributed by atoms with Crippen LogP contribution in [0.25, 0.3) is 0 Å². The van der Waals surface area contributed by atoms with E-state index in [-0.39, 0.29) is 11.9 Å². The van der Waals surface area contributed by atoms with Crippen LogP contribution in [0.2, 0.25) is 0 Å². The van der Waals surface area contributed by atoms with E-state index in [4.69, 9.17) is 10.5 Å². The molecular weight excluding hydrogens is 392 g/mol. The first-order valence-corrected chi connectivity index (χ1v) is 8.86. The van der Waals surface area contributed by atoms with Crippen molar-refractivity contribution in [1.29, 1.82) is 0 Å². The predicted octanol–water partition coefficient (Wildman–Crippen LogP) is 2.70. The van der Waals surface area contributed by atoms with E-state index in [9.17, 15) is 4.79 Å². The summed E-state index contributed by atoms with van der Waals surface area (Å²) >= 11 is 4.83. The number of hydrogen-bond donors (Lipinski definition) is 1. The average molecular weight is 409 g/mol. The van der Waals surface area contributed by atoms with Crippen molar-refractivity contribution in [2.24, 2.45) is 10.7 Å². The van der Waals surface area contributed by atoms with Crippen molar-refractivity contribution in [3.8, 4) is 5.75 Å².